The molecule has 2 saturated heterocycles. The summed E-state index contributed by atoms with van der Waals surface area (Å²) in [7, 11) is -3.47. The molecule has 0 saturated carbocycles. The van der Waals surface area contributed by atoms with Crippen molar-refractivity contribution in [3.05, 3.63) is 0 Å². The highest BCUT2D eigenvalue weighted by Gasteiger charge is 2.51. The van der Waals surface area contributed by atoms with Gasteiger partial charge in [0.25, 0.3) is 0 Å². The van der Waals surface area contributed by atoms with Crippen LogP contribution in [-0.2, 0) is 32.6 Å². The van der Waals surface area contributed by atoms with Crippen molar-refractivity contribution in [1.29, 1.82) is 0 Å². The van der Waals surface area contributed by atoms with E-state index >= 15 is 0 Å². The number of ether oxygens (including phenoxy) is 4. The van der Waals surface area contributed by atoms with Gasteiger partial charge in [0.2, 0.25) is 0 Å². The van der Waals surface area contributed by atoms with E-state index in [-0.39, 0.29) is 32.4 Å². The van der Waals surface area contributed by atoms with E-state index in [4.69, 9.17) is 28.0 Å². The van der Waals surface area contributed by atoms with Gasteiger partial charge in [0.1, 0.15) is 42.7 Å². The van der Waals surface area contributed by atoms with Gasteiger partial charge in [-0.2, -0.15) is 0 Å². The molecule has 2 aliphatic heterocycles. The van der Waals surface area contributed by atoms with Crippen LogP contribution in [0.15, 0.2) is 0 Å². The first-order valence-corrected chi connectivity index (χ1v) is 14.0. The van der Waals surface area contributed by atoms with Crippen molar-refractivity contribution >= 4 is 23.5 Å². The van der Waals surface area contributed by atoms with Gasteiger partial charge in [-0.1, -0.05) is 15.9 Å². The van der Waals surface area contributed by atoms with E-state index in [1.807, 2.05) is 0 Å². The number of aliphatic hydroxyl groups is 6. The third kappa shape index (κ3) is 7.62. The summed E-state index contributed by atoms with van der Waals surface area (Å²) in [5.41, 5.74) is 0. The van der Waals surface area contributed by atoms with Crippen molar-refractivity contribution in [2.24, 2.45) is 0 Å². The molecule has 2 fully saturated rings. The minimum Gasteiger partial charge on any atom is -0.394 e. The standard InChI is InChI=1S/C19H36BrO13P/c1-3-29-34(27,30-4-2)8-5-10-12(22)14(24)16(26)18(31-10)33-17-15(25)13(23)11(9-21)32-19(17)28-7-6-20/h10-19,21-26H,3-9H2,1-2H3/t10?,11?,12-,13-,14?,15?,16?,17?,18-,19+/m1/s1. The van der Waals surface area contributed by atoms with Crippen LogP contribution in [0, 0.1) is 0 Å². The van der Waals surface area contributed by atoms with Crippen LogP contribution in [0.25, 0.3) is 0 Å². The van der Waals surface area contributed by atoms with E-state index in [0.717, 1.165) is 0 Å². The number of rotatable bonds is 13. The van der Waals surface area contributed by atoms with Crippen LogP contribution in [0.2, 0.25) is 0 Å². The second-order valence-corrected chi connectivity index (χ2v) is 10.8. The van der Waals surface area contributed by atoms with Gasteiger partial charge in [-0.3, -0.25) is 4.57 Å². The van der Waals surface area contributed by atoms with Gasteiger partial charge in [-0.25, -0.2) is 0 Å². The topological polar surface area (TPSA) is 194 Å². The van der Waals surface area contributed by atoms with E-state index in [9.17, 15) is 35.2 Å². The lowest BCUT2D eigenvalue weighted by molar-refractivity contribution is -0.365. The minimum absolute atomic E-state index is 0.0649. The molecule has 0 aromatic heterocycles. The van der Waals surface area contributed by atoms with Gasteiger partial charge in [0, 0.05) is 5.33 Å². The molecule has 0 spiro atoms. The highest BCUT2D eigenvalue weighted by Crippen LogP contribution is 2.49. The Balaban J connectivity index is 2.15. The Morgan fingerprint density at radius 2 is 1.44 bits per heavy atom. The van der Waals surface area contributed by atoms with E-state index in [2.05, 4.69) is 15.9 Å². The lowest BCUT2D eigenvalue weighted by atomic mass is 9.96. The Kier molecular flexibility index (Phi) is 12.8. The molecule has 6 N–H and O–H groups in total. The van der Waals surface area contributed by atoms with E-state index in [1.165, 1.54) is 0 Å². The van der Waals surface area contributed by atoms with Gasteiger partial charge in [0.15, 0.2) is 12.6 Å². The van der Waals surface area contributed by atoms with Crippen LogP contribution in [-0.4, -0.2) is 130 Å². The smallest absolute Gasteiger partial charge is 0.330 e. The third-order valence-electron chi connectivity index (χ3n) is 5.48. The summed E-state index contributed by atoms with van der Waals surface area (Å²) in [4.78, 5) is 0. The zero-order valence-corrected chi connectivity index (χ0v) is 21.6. The number of alkyl halides is 1. The van der Waals surface area contributed by atoms with Crippen LogP contribution in [0.4, 0.5) is 0 Å². The lowest BCUT2D eigenvalue weighted by Gasteiger charge is -2.46. The van der Waals surface area contributed by atoms with Crippen LogP contribution < -0.4 is 0 Å². The second kappa shape index (κ2) is 14.2. The largest absolute Gasteiger partial charge is 0.394 e. The predicted octanol–water partition coefficient (Wildman–Crippen LogP) is -1.31. The zero-order chi connectivity index (χ0) is 25.5. The van der Waals surface area contributed by atoms with Gasteiger partial charge in [-0.15, -0.1) is 0 Å². The van der Waals surface area contributed by atoms with Crippen LogP contribution >= 0.6 is 23.5 Å². The molecule has 2 aliphatic rings. The normalized spacial score (nSPS) is 39.3. The molecule has 0 aliphatic carbocycles. The highest BCUT2D eigenvalue weighted by atomic mass is 79.9. The fourth-order valence-corrected chi connectivity index (χ4v) is 5.64. The van der Waals surface area contributed by atoms with E-state index in [1.54, 1.807) is 13.8 Å². The molecule has 2 heterocycles. The molecule has 202 valence electrons. The molecule has 0 aromatic carbocycles. The minimum atomic E-state index is -3.47. The van der Waals surface area contributed by atoms with Crippen LogP contribution in [0.3, 0.4) is 0 Å². The third-order valence-corrected chi connectivity index (χ3v) is 7.92. The molecular formula is C19H36BrO13P. The Morgan fingerprint density at radius 1 is 0.853 bits per heavy atom. The Bertz CT molecular complexity index is 635. The van der Waals surface area contributed by atoms with Crippen molar-refractivity contribution in [1.82, 2.24) is 0 Å². The van der Waals surface area contributed by atoms with Crippen molar-refractivity contribution in [3.63, 3.8) is 0 Å². The van der Waals surface area contributed by atoms with Crippen LogP contribution in [0.1, 0.15) is 20.3 Å². The fraction of sp³-hybridized carbons (Fsp3) is 1.00. The summed E-state index contributed by atoms with van der Waals surface area (Å²) < 4.78 is 45.5. The van der Waals surface area contributed by atoms with Crippen molar-refractivity contribution < 1.29 is 63.2 Å². The van der Waals surface area contributed by atoms with Gasteiger partial charge < -0.3 is 58.6 Å². The Labute approximate surface area is 206 Å². The summed E-state index contributed by atoms with van der Waals surface area (Å²) in [5, 5.41) is 61.8. The van der Waals surface area contributed by atoms with Crippen molar-refractivity contribution in [2.75, 3.05) is 37.9 Å². The summed E-state index contributed by atoms with van der Waals surface area (Å²) >= 11 is 3.19. The monoisotopic (exact) mass is 582 g/mol. The summed E-state index contributed by atoms with van der Waals surface area (Å²) in [6, 6.07) is 0. The van der Waals surface area contributed by atoms with E-state index < -0.39 is 75.6 Å². The molecule has 2 rings (SSSR count). The zero-order valence-electron chi connectivity index (χ0n) is 19.1. The first kappa shape index (κ1) is 30.5. The van der Waals surface area contributed by atoms with Crippen molar-refractivity contribution in [3.8, 4) is 0 Å². The molecule has 15 heteroatoms. The number of aliphatic hydroxyl groups excluding tert-OH is 6. The maximum atomic E-state index is 12.7. The first-order valence-electron chi connectivity index (χ1n) is 11.2. The fourth-order valence-electron chi connectivity index (χ4n) is 3.76. The van der Waals surface area contributed by atoms with Crippen molar-refractivity contribution in [2.45, 2.75) is 81.7 Å². The Hall–Kier alpha value is 0.230. The van der Waals surface area contributed by atoms with Crippen LogP contribution in [0.5, 0.6) is 0 Å². The molecule has 0 amide bonds. The molecule has 10 atom stereocenters. The molecule has 0 aromatic rings. The van der Waals surface area contributed by atoms with Gasteiger partial charge in [-0.05, 0) is 20.3 Å². The van der Waals surface area contributed by atoms with Gasteiger partial charge >= 0.3 is 7.60 Å². The predicted molar refractivity (Wildman–Crippen MR) is 119 cm³/mol. The first-order chi connectivity index (χ1) is 16.1. The molecule has 13 nitrogen and oxygen atoms in total. The quantitative estimate of drug-likeness (QED) is 0.111. The molecule has 6 unspecified atom stereocenters. The summed E-state index contributed by atoms with van der Waals surface area (Å²) in [6.45, 7) is 3.14. The molecule has 34 heavy (non-hydrogen) atoms. The SMILES string of the molecule is CCOP(=O)(CCC1O[C@H](OC2C(O)[C@H](O)C(CO)O[C@@H]2OCCBr)C(O)C(O)[C@@H]1O)OCC. The van der Waals surface area contributed by atoms with E-state index in [0.29, 0.717) is 5.33 Å². The molecule has 0 bridgehead atoms. The summed E-state index contributed by atoms with van der Waals surface area (Å²) in [6.07, 6.45) is -14.7. The Morgan fingerprint density at radius 3 is 2.00 bits per heavy atom. The summed E-state index contributed by atoms with van der Waals surface area (Å²) in [5.74, 6) is 0. The molecule has 0 radical (unpaired) electrons. The lowest BCUT2D eigenvalue weighted by Crippen LogP contribution is -2.64. The average Bonchev–Trinajstić information content (AvgIpc) is 2.81. The number of hydrogen-bond donors (Lipinski definition) is 6. The molecular weight excluding hydrogens is 547 g/mol. The number of halogens is 1. The average molecular weight is 583 g/mol. The maximum absolute atomic E-state index is 12.7. The van der Waals surface area contributed by atoms with Gasteiger partial charge in [0.05, 0.1) is 38.7 Å². The maximum Gasteiger partial charge on any atom is 0.330 e. The second-order valence-electron chi connectivity index (χ2n) is 7.84. The highest BCUT2D eigenvalue weighted by molar-refractivity contribution is 9.09. The number of hydrogen-bond acceptors (Lipinski definition) is 13.